The van der Waals surface area contributed by atoms with Crippen LogP contribution in [0.25, 0.3) is 0 Å². The number of hydrogen-bond donors (Lipinski definition) is 1. The summed E-state index contributed by atoms with van der Waals surface area (Å²) in [6.07, 6.45) is 19.3. The van der Waals surface area contributed by atoms with Crippen LogP contribution in [0.1, 0.15) is 123 Å². The number of unbranched alkanes of at least 4 members (excludes halogenated alkanes) is 11. The molecule has 0 amide bonds. The Bertz CT molecular complexity index is 323. The second-order valence-corrected chi connectivity index (χ2v) is 8.77. The minimum atomic E-state index is -1.10. The molecular weight excluding hydrogens is 404 g/mol. The van der Waals surface area contributed by atoms with Gasteiger partial charge < -0.3 is 9.84 Å². The van der Waals surface area contributed by atoms with Crippen molar-refractivity contribution in [2.45, 2.75) is 129 Å². The van der Waals surface area contributed by atoms with Crippen LogP contribution in [-0.4, -0.2) is 22.7 Å². The summed E-state index contributed by atoms with van der Waals surface area (Å²) in [5.41, 5.74) is 0. The van der Waals surface area contributed by atoms with Gasteiger partial charge in [-0.15, -0.1) is 0 Å². The Balaban J connectivity index is 4.49. The topological polar surface area (TPSA) is 46.5 Å². The lowest BCUT2D eigenvalue weighted by Crippen LogP contribution is -2.27. The fraction of sp³-hybridized carbons (Fsp3) is 0.957. The summed E-state index contributed by atoms with van der Waals surface area (Å²) in [5.74, 6) is 0.403. The van der Waals surface area contributed by atoms with Gasteiger partial charge in [0.25, 0.3) is 0 Å². The van der Waals surface area contributed by atoms with Crippen LogP contribution in [0.3, 0.4) is 0 Å². The van der Waals surface area contributed by atoms with Gasteiger partial charge in [0.1, 0.15) is 6.10 Å². The maximum atomic E-state index is 11.2. The summed E-state index contributed by atoms with van der Waals surface area (Å²) in [7, 11) is 0. The number of carboxylic acid groups (broad SMARTS) is 1. The van der Waals surface area contributed by atoms with Gasteiger partial charge in [0.2, 0.25) is 0 Å². The van der Waals surface area contributed by atoms with Gasteiger partial charge in [0.05, 0.1) is 0 Å². The zero-order chi connectivity index (χ0) is 20.2. The number of rotatable bonds is 20. The standard InChI is InChI=1S/C23H45BrO3/c1-3-5-7-9-10-14-18-21(17-13-8-6-4-2)22(27-23(25)26)19-15-11-12-16-20-24/h21-22H,3-20H2,1-2H3,(H,25,26). The molecule has 162 valence electrons. The molecule has 0 heterocycles. The third-order valence-electron chi connectivity index (χ3n) is 5.51. The fourth-order valence-electron chi connectivity index (χ4n) is 3.85. The van der Waals surface area contributed by atoms with Gasteiger partial charge in [-0.3, -0.25) is 0 Å². The summed E-state index contributed by atoms with van der Waals surface area (Å²) < 4.78 is 5.38. The maximum Gasteiger partial charge on any atom is 0.506 e. The highest BCUT2D eigenvalue weighted by molar-refractivity contribution is 9.09. The monoisotopic (exact) mass is 448 g/mol. The average Bonchev–Trinajstić information content (AvgIpc) is 2.65. The van der Waals surface area contributed by atoms with E-state index in [9.17, 15) is 9.90 Å². The number of halogens is 1. The van der Waals surface area contributed by atoms with Crippen LogP contribution in [0.15, 0.2) is 0 Å². The van der Waals surface area contributed by atoms with E-state index in [2.05, 4.69) is 29.8 Å². The highest BCUT2D eigenvalue weighted by Crippen LogP contribution is 2.27. The largest absolute Gasteiger partial charge is 0.506 e. The molecule has 0 fully saturated rings. The van der Waals surface area contributed by atoms with Gasteiger partial charge in [-0.2, -0.15) is 0 Å². The second kappa shape index (κ2) is 20.5. The molecule has 0 rings (SSSR count). The predicted molar refractivity (Wildman–Crippen MR) is 120 cm³/mol. The number of hydrogen-bond acceptors (Lipinski definition) is 2. The van der Waals surface area contributed by atoms with Crippen molar-refractivity contribution in [2.75, 3.05) is 5.33 Å². The minimum absolute atomic E-state index is 0.108. The SMILES string of the molecule is CCCCCCCCC(CCCCCC)C(CCCCCCBr)OC(=O)O. The lowest BCUT2D eigenvalue weighted by Gasteiger charge is -2.26. The van der Waals surface area contributed by atoms with E-state index in [1.165, 1.54) is 83.5 Å². The van der Waals surface area contributed by atoms with Crippen LogP contribution in [0.4, 0.5) is 4.79 Å². The first-order valence-electron chi connectivity index (χ1n) is 11.6. The molecule has 2 unspecified atom stereocenters. The van der Waals surface area contributed by atoms with Crippen molar-refractivity contribution in [2.24, 2.45) is 5.92 Å². The predicted octanol–water partition coefficient (Wildman–Crippen LogP) is 8.73. The Labute approximate surface area is 177 Å². The van der Waals surface area contributed by atoms with Crippen molar-refractivity contribution in [3.8, 4) is 0 Å². The van der Waals surface area contributed by atoms with E-state index in [4.69, 9.17) is 4.74 Å². The van der Waals surface area contributed by atoms with E-state index in [-0.39, 0.29) is 6.10 Å². The molecule has 4 heteroatoms. The number of alkyl halides is 1. The smallest absolute Gasteiger partial charge is 0.450 e. The first-order chi connectivity index (χ1) is 13.2. The van der Waals surface area contributed by atoms with E-state index in [0.717, 1.165) is 31.0 Å². The molecule has 0 aromatic rings. The van der Waals surface area contributed by atoms with E-state index in [1.54, 1.807) is 0 Å². The van der Waals surface area contributed by atoms with Crippen LogP contribution >= 0.6 is 15.9 Å². The second-order valence-electron chi connectivity index (χ2n) is 7.98. The summed E-state index contributed by atoms with van der Waals surface area (Å²) >= 11 is 3.48. The molecule has 0 aromatic heterocycles. The minimum Gasteiger partial charge on any atom is -0.450 e. The third kappa shape index (κ3) is 17.6. The molecule has 0 saturated carbocycles. The average molecular weight is 450 g/mol. The van der Waals surface area contributed by atoms with E-state index in [1.807, 2.05) is 0 Å². The van der Waals surface area contributed by atoms with Gasteiger partial charge >= 0.3 is 6.16 Å². The lowest BCUT2D eigenvalue weighted by atomic mass is 9.87. The van der Waals surface area contributed by atoms with Gasteiger partial charge in [-0.1, -0.05) is 107 Å². The van der Waals surface area contributed by atoms with Crippen LogP contribution in [0.5, 0.6) is 0 Å². The van der Waals surface area contributed by atoms with Gasteiger partial charge in [0.15, 0.2) is 0 Å². The molecule has 0 spiro atoms. The van der Waals surface area contributed by atoms with Crippen molar-refractivity contribution in [1.82, 2.24) is 0 Å². The molecule has 3 nitrogen and oxygen atoms in total. The molecule has 0 aromatic carbocycles. The van der Waals surface area contributed by atoms with E-state index >= 15 is 0 Å². The van der Waals surface area contributed by atoms with Crippen molar-refractivity contribution in [3.63, 3.8) is 0 Å². The van der Waals surface area contributed by atoms with Crippen LogP contribution in [-0.2, 0) is 4.74 Å². The molecule has 0 radical (unpaired) electrons. The quantitative estimate of drug-likeness (QED) is 0.115. The Morgan fingerprint density at radius 3 is 1.70 bits per heavy atom. The lowest BCUT2D eigenvalue weighted by molar-refractivity contribution is 0.0136. The maximum absolute atomic E-state index is 11.2. The van der Waals surface area contributed by atoms with Crippen molar-refractivity contribution < 1.29 is 14.6 Å². The van der Waals surface area contributed by atoms with Crippen molar-refractivity contribution in [1.29, 1.82) is 0 Å². The van der Waals surface area contributed by atoms with E-state index < -0.39 is 6.16 Å². The molecule has 2 atom stereocenters. The highest BCUT2D eigenvalue weighted by Gasteiger charge is 2.24. The van der Waals surface area contributed by atoms with Gasteiger partial charge in [-0.25, -0.2) is 4.79 Å². The highest BCUT2D eigenvalue weighted by atomic mass is 79.9. The summed E-state index contributed by atoms with van der Waals surface area (Å²) in [4.78, 5) is 11.2. The Hall–Kier alpha value is -0.250. The fourth-order valence-corrected chi connectivity index (χ4v) is 4.25. The third-order valence-corrected chi connectivity index (χ3v) is 6.07. The molecule has 27 heavy (non-hydrogen) atoms. The summed E-state index contributed by atoms with van der Waals surface area (Å²) in [6, 6.07) is 0. The number of ether oxygens (including phenoxy) is 1. The van der Waals surface area contributed by atoms with Gasteiger partial charge in [0, 0.05) is 5.33 Å². The van der Waals surface area contributed by atoms with Crippen molar-refractivity contribution in [3.05, 3.63) is 0 Å². The molecule has 0 aliphatic carbocycles. The zero-order valence-corrected chi connectivity index (χ0v) is 19.6. The molecule has 1 N–H and O–H groups in total. The Morgan fingerprint density at radius 2 is 1.19 bits per heavy atom. The Morgan fingerprint density at radius 1 is 0.741 bits per heavy atom. The normalized spacial score (nSPS) is 13.4. The van der Waals surface area contributed by atoms with Crippen LogP contribution in [0.2, 0.25) is 0 Å². The van der Waals surface area contributed by atoms with Crippen LogP contribution < -0.4 is 0 Å². The molecular formula is C23H45BrO3. The molecule has 0 aliphatic rings. The molecule has 0 aliphatic heterocycles. The summed E-state index contributed by atoms with van der Waals surface area (Å²) in [5, 5.41) is 10.3. The van der Waals surface area contributed by atoms with E-state index in [0.29, 0.717) is 5.92 Å². The molecule has 0 saturated heterocycles. The first-order valence-corrected chi connectivity index (χ1v) is 12.7. The first kappa shape index (κ1) is 26.8. The zero-order valence-electron chi connectivity index (χ0n) is 18.0. The van der Waals surface area contributed by atoms with Crippen molar-refractivity contribution >= 4 is 22.1 Å². The van der Waals surface area contributed by atoms with Crippen LogP contribution in [0, 0.1) is 5.92 Å². The number of carbonyl (C=O) groups is 1. The molecule has 0 bridgehead atoms. The van der Waals surface area contributed by atoms with Gasteiger partial charge in [-0.05, 0) is 38.0 Å². The Kier molecular flexibility index (Phi) is 20.3. The summed E-state index contributed by atoms with van der Waals surface area (Å²) in [6.45, 7) is 4.48.